The maximum Gasteiger partial charge on any atom is 0.137 e. The van der Waals surface area contributed by atoms with Gasteiger partial charge in [0.15, 0.2) is 0 Å². The van der Waals surface area contributed by atoms with Crippen LogP contribution in [0.1, 0.15) is 38.7 Å². The highest BCUT2D eigenvalue weighted by molar-refractivity contribution is 6.30. The summed E-state index contributed by atoms with van der Waals surface area (Å²) in [5.41, 5.74) is 0.978. The number of nitrogens with one attached hydrogen (secondary N) is 1. The van der Waals surface area contributed by atoms with Gasteiger partial charge in [-0.3, -0.25) is 0 Å². The molecule has 102 valence electrons. The molecule has 0 fully saturated rings. The third-order valence-electron chi connectivity index (χ3n) is 2.65. The summed E-state index contributed by atoms with van der Waals surface area (Å²) in [7, 11) is 0. The monoisotopic (exact) mass is 271 g/mol. The lowest BCUT2D eigenvalue weighted by molar-refractivity contribution is 0.131. The van der Waals surface area contributed by atoms with Crippen LogP contribution in [0.3, 0.4) is 0 Å². The molecule has 0 saturated heterocycles. The number of nitrogens with zero attached hydrogens (tertiary/aromatic N) is 2. The highest BCUT2D eigenvalue weighted by Gasteiger charge is 2.06. The summed E-state index contributed by atoms with van der Waals surface area (Å²) in [5, 5.41) is 3.82. The first-order valence-corrected chi connectivity index (χ1v) is 6.98. The number of rotatable bonds is 9. The van der Waals surface area contributed by atoms with Crippen molar-refractivity contribution in [2.45, 2.75) is 39.5 Å². The average Bonchev–Trinajstić information content (AvgIpc) is 2.38. The Hall–Kier alpha value is -0.870. The number of halogens is 1. The molecule has 0 aliphatic carbocycles. The molecule has 1 N–H and O–H groups in total. The molecule has 1 rings (SSSR count). The van der Waals surface area contributed by atoms with E-state index in [2.05, 4.69) is 22.2 Å². The molecule has 0 spiro atoms. The molecule has 0 unspecified atom stereocenters. The second kappa shape index (κ2) is 9.11. The zero-order valence-electron chi connectivity index (χ0n) is 11.2. The minimum Gasteiger partial charge on any atom is -0.381 e. The smallest absolute Gasteiger partial charge is 0.137 e. The van der Waals surface area contributed by atoms with Gasteiger partial charge in [-0.15, -0.1) is 0 Å². The van der Waals surface area contributed by atoms with E-state index in [-0.39, 0.29) is 0 Å². The number of hydrogen-bond donors (Lipinski definition) is 1. The van der Waals surface area contributed by atoms with E-state index in [0.29, 0.717) is 5.15 Å². The van der Waals surface area contributed by atoms with Crippen LogP contribution in [-0.2, 0) is 11.2 Å². The average molecular weight is 272 g/mol. The van der Waals surface area contributed by atoms with Crippen molar-refractivity contribution in [3.63, 3.8) is 0 Å². The first-order chi connectivity index (χ1) is 8.79. The van der Waals surface area contributed by atoms with Gasteiger partial charge in [0.1, 0.15) is 17.3 Å². The fourth-order valence-corrected chi connectivity index (χ4v) is 1.85. The molecule has 0 aliphatic heterocycles. The van der Waals surface area contributed by atoms with E-state index in [1.165, 1.54) is 12.7 Å². The Balaban J connectivity index is 2.25. The van der Waals surface area contributed by atoms with Crippen molar-refractivity contribution in [1.82, 2.24) is 9.97 Å². The summed E-state index contributed by atoms with van der Waals surface area (Å²) >= 11 is 6.01. The summed E-state index contributed by atoms with van der Waals surface area (Å²) in [4.78, 5) is 8.19. The normalized spacial score (nSPS) is 10.6. The van der Waals surface area contributed by atoms with Crippen LogP contribution in [-0.4, -0.2) is 29.7 Å². The molecule has 0 aromatic carbocycles. The van der Waals surface area contributed by atoms with Crippen LogP contribution >= 0.6 is 11.6 Å². The molecule has 1 heterocycles. The van der Waals surface area contributed by atoms with Gasteiger partial charge in [0.05, 0.1) is 0 Å². The standard InChI is InChI=1S/C13H22ClN3O/c1-3-5-8-18-9-6-7-15-13-11(4-2)12(14)16-10-17-13/h10H,3-9H2,1-2H3,(H,15,16,17). The van der Waals surface area contributed by atoms with Gasteiger partial charge in [-0.2, -0.15) is 0 Å². The van der Waals surface area contributed by atoms with Gasteiger partial charge in [0.25, 0.3) is 0 Å². The van der Waals surface area contributed by atoms with Crippen LogP contribution in [0.4, 0.5) is 5.82 Å². The van der Waals surface area contributed by atoms with Gasteiger partial charge >= 0.3 is 0 Å². The predicted molar refractivity (Wildman–Crippen MR) is 75.3 cm³/mol. The topological polar surface area (TPSA) is 47.0 Å². The molecule has 4 nitrogen and oxygen atoms in total. The Morgan fingerprint density at radius 1 is 1.22 bits per heavy atom. The van der Waals surface area contributed by atoms with E-state index in [1.807, 2.05) is 6.92 Å². The van der Waals surface area contributed by atoms with Gasteiger partial charge in [-0.1, -0.05) is 31.9 Å². The van der Waals surface area contributed by atoms with Crippen LogP contribution in [0.2, 0.25) is 5.15 Å². The van der Waals surface area contributed by atoms with Crippen molar-refractivity contribution in [1.29, 1.82) is 0 Å². The third-order valence-corrected chi connectivity index (χ3v) is 2.97. The molecular formula is C13H22ClN3O. The fourth-order valence-electron chi connectivity index (χ4n) is 1.59. The van der Waals surface area contributed by atoms with Crippen molar-refractivity contribution < 1.29 is 4.74 Å². The third kappa shape index (κ3) is 5.19. The fraction of sp³-hybridized carbons (Fsp3) is 0.692. The largest absolute Gasteiger partial charge is 0.381 e. The zero-order chi connectivity index (χ0) is 13.2. The first-order valence-electron chi connectivity index (χ1n) is 6.60. The van der Waals surface area contributed by atoms with E-state index in [9.17, 15) is 0 Å². The molecule has 5 heteroatoms. The van der Waals surface area contributed by atoms with Gasteiger partial charge in [-0.05, 0) is 19.3 Å². The second-order valence-corrected chi connectivity index (χ2v) is 4.45. The SMILES string of the molecule is CCCCOCCCNc1ncnc(Cl)c1CC. The highest BCUT2D eigenvalue weighted by Crippen LogP contribution is 2.19. The number of aromatic nitrogens is 2. The maximum atomic E-state index is 6.01. The number of unbranched alkanes of at least 4 members (excludes halogenated alkanes) is 1. The van der Waals surface area contributed by atoms with E-state index in [0.717, 1.165) is 50.4 Å². The quantitative estimate of drug-likeness (QED) is 0.553. The predicted octanol–water partition coefficient (Wildman–Crippen LogP) is 3.31. The van der Waals surface area contributed by atoms with Crippen LogP contribution in [0.25, 0.3) is 0 Å². The number of anilines is 1. The maximum absolute atomic E-state index is 6.01. The Morgan fingerprint density at radius 2 is 2.00 bits per heavy atom. The van der Waals surface area contributed by atoms with E-state index >= 15 is 0 Å². The number of ether oxygens (including phenoxy) is 1. The molecule has 1 aromatic rings. The summed E-state index contributed by atoms with van der Waals surface area (Å²) in [6.07, 6.45) is 5.59. The lowest BCUT2D eigenvalue weighted by Gasteiger charge is -2.10. The summed E-state index contributed by atoms with van der Waals surface area (Å²) in [6.45, 7) is 6.69. The molecule has 0 saturated carbocycles. The Morgan fingerprint density at radius 3 is 2.72 bits per heavy atom. The van der Waals surface area contributed by atoms with Crippen molar-refractivity contribution >= 4 is 17.4 Å². The van der Waals surface area contributed by atoms with Crippen LogP contribution in [0.15, 0.2) is 6.33 Å². The second-order valence-electron chi connectivity index (χ2n) is 4.09. The summed E-state index contributed by atoms with van der Waals surface area (Å²) in [6, 6.07) is 0. The summed E-state index contributed by atoms with van der Waals surface area (Å²) < 4.78 is 5.49. The molecular weight excluding hydrogens is 250 g/mol. The minimum atomic E-state index is 0.536. The molecule has 1 aromatic heterocycles. The molecule has 0 radical (unpaired) electrons. The molecule has 0 amide bonds. The van der Waals surface area contributed by atoms with Crippen molar-refractivity contribution in [2.75, 3.05) is 25.1 Å². The summed E-state index contributed by atoms with van der Waals surface area (Å²) in [5.74, 6) is 0.839. The van der Waals surface area contributed by atoms with E-state index in [1.54, 1.807) is 0 Å². The number of hydrogen-bond acceptors (Lipinski definition) is 4. The molecule has 0 aliphatic rings. The van der Waals surface area contributed by atoms with E-state index < -0.39 is 0 Å². The molecule has 0 bridgehead atoms. The van der Waals surface area contributed by atoms with Crippen LogP contribution in [0.5, 0.6) is 0 Å². The molecule has 18 heavy (non-hydrogen) atoms. The van der Waals surface area contributed by atoms with Gasteiger partial charge in [0, 0.05) is 25.3 Å². The van der Waals surface area contributed by atoms with Crippen molar-refractivity contribution in [2.24, 2.45) is 0 Å². The lowest BCUT2D eigenvalue weighted by Crippen LogP contribution is -2.09. The Labute approximate surface area is 114 Å². The van der Waals surface area contributed by atoms with Crippen molar-refractivity contribution in [3.8, 4) is 0 Å². The van der Waals surface area contributed by atoms with Crippen LogP contribution < -0.4 is 5.32 Å². The lowest BCUT2D eigenvalue weighted by atomic mass is 10.2. The first kappa shape index (κ1) is 15.2. The molecule has 0 atom stereocenters. The highest BCUT2D eigenvalue weighted by atomic mass is 35.5. The Kier molecular flexibility index (Phi) is 7.69. The Bertz CT molecular complexity index is 347. The minimum absolute atomic E-state index is 0.536. The van der Waals surface area contributed by atoms with Gasteiger partial charge in [-0.25, -0.2) is 9.97 Å². The van der Waals surface area contributed by atoms with Crippen LogP contribution in [0, 0.1) is 0 Å². The van der Waals surface area contributed by atoms with Gasteiger partial charge in [0.2, 0.25) is 0 Å². The zero-order valence-corrected chi connectivity index (χ0v) is 12.0. The van der Waals surface area contributed by atoms with Crippen molar-refractivity contribution in [3.05, 3.63) is 17.0 Å². The van der Waals surface area contributed by atoms with E-state index in [4.69, 9.17) is 16.3 Å². The van der Waals surface area contributed by atoms with Gasteiger partial charge < -0.3 is 10.1 Å².